The Hall–Kier alpha value is -1.64. The highest BCUT2D eigenvalue weighted by atomic mass is 16.7. The number of hydroxylamine groups is 1. The molecular formula is C18H23NO. The zero-order valence-electron chi connectivity index (χ0n) is 12.7. The Morgan fingerprint density at radius 3 is 1.95 bits per heavy atom. The summed E-state index contributed by atoms with van der Waals surface area (Å²) in [6, 6.07) is 19.2. The van der Waals surface area contributed by atoms with Gasteiger partial charge in [0.1, 0.15) is 0 Å². The third kappa shape index (κ3) is 4.19. The summed E-state index contributed by atoms with van der Waals surface area (Å²) in [5, 5.41) is 0. The molecule has 0 saturated heterocycles. The van der Waals surface area contributed by atoms with Crippen LogP contribution in [0.1, 0.15) is 39.3 Å². The molecule has 0 aliphatic heterocycles. The van der Waals surface area contributed by atoms with E-state index in [-0.39, 0.29) is 11.6 Å². The molecular weight excluding hydrogens is 246 g/mol. The number of hydrogen-bond donors (Lipinski definition) is 1. The van der Waals surface area contributed by atoms with Gasteiger partial charge in [-0.1, -0.05) is 54.6 Å². The van der Waals surface area contributed by atoms with E-state index < -0.39 is 0 Å². The van der Waals surface area contributed by atoms with Gasteiger partial charge in [-0.15, -0.1) is 0 Å². The fourth-order valence-corrected chi connectivity index (χ4v) is 1.93. The maximum atomic E-state index is 5.61. The summed E-state index contributed by atoms with van der Waals surface area (Å²) < 4.78 is 0. The second kappa shape index (κ2) is 6.21. The van der Waals surface area contributed by atoms with E-state index in [1.807, 2.05) is 26.8 Å². The van der Waals surface area contributed by atoms with Crippen molar-refractivity contribution < 1.29 is 4.84 Å². The summed E-state index contributed by atoms with van der Waals surface area (Å²) in [7, 11) is 0. The molecule has 2 heteroatoms. The normalized spacial score (nSPS) is 13.2. The van der Waals surface area contributed by atoms with E-state index in [0.717, 1.165) is 0 Å². The zero-order chi connectivity index (χ0) is 14.6. The Bertz CT molecular complexity index is 526. The van der Waals surface area contributed by atoms with Gasteiger partial charge in [-0.25, -0.2) is 0 Å². The summed E-state index contributed by atoms with van der Waals surface area (Å²) in [6.45, 7) is 8.20. The van der Waals surface area contributed by atoms with E-state index in [1.165, 1.54) is 16.7 Å². The summed E-state index contributed by atoms with van der Waals surface area (Å²) in [4.78, 5) is 5.61. The molecule has 2 aromatic carbocycles. The largest absolute Gasteiger partial charge is 0.296 e. The van der Waals surface area contributed by atoms with Crippen molar-refractivity contribution in [1.29, 1.82) is 0 Å². The molecule has 0 heterocycles. The fourth-order valence-electron chi connectivity index (χ4n) is 1.93. The maximum absolute atomic E-state index is 5.61. The predicted molar refractivity (Wildman–Crippen MR) is 84.3 cm³/mol. The van der Waals surface area contributed by atoms with Crippen LogP contribution in [0.25, 0.3) is 11.1 Å². The molecule has 0 aliphatic carbocycles. The van der Waals surface area contributed by atoms with Crippen LogP contribution in [0.5, 0.6) is 0 Å². The fraction of sp³-hybridized carbons (Fsp3) is 0.333. The Morgan fingerprint density at radius 2 is 1.40 bits per heavy atom. The molecule has 0 amide bonds. The van der Waals surface area contributed by atoms with Crippen LogP contribution in [-0.4, -0.2) is 5.60 Å². The monoisotopic (exact) mass is 269 g/mol. The molecule has 1 unspecified atom stereocenters. The predicted octanol–water partition coefficient (Wildman–Crippen LogP) is 4.73. The van der Waals surface area contributed by atoms with Gasteiger partial charge in [-0.05, 0) is 44.4 Å². The minimum Gasteiger partial charge on any atom is -0.296 e. The van der Waals surface area contributed by atoms with Gasteiger partial charge in [-0.2, -0.15) is 5.48 Å². The van der Waals surface area contributed by atoms with Gasteiger partial charge in [0, 0.05) is 0 Å². The van der Waals surface area contributed by atoms with E-state index >= 15 is 0 Å². The molecule has 106 valence electrons. The first-order chi connectivity index (χ1) is 9.46. The van der Waals surface area contributed by atoms with Gasteiger partial charge >= 0.3 is 0 Å². The molecule has 1 atom stereocenters. The summed E-state index contributed by atoms with van der Waals surface area (Å²) in [5.74, 6) is 0. The van der Waals surface area contributed by atoms with Crippen molar-refractivity contribution >= 4 is 0 Å². The van der Waals surface area contributed by atoms with Gasteiger partial charge < -0.3 is 0 Å². The smallest absolute Gasteiger partial charge is 0.0813 e. The van der Waals surface area contributed by atoms with Gasteiger partial charge in [-0.3, -0.25) is 4.84 Å². The van der Waals surface area contributed by atoms with Crippen molar-refractivity contribution in [3.63, 3.8) is 0 Å². The Kier molecular flexibility index (Phi) is 4.58. The zero-order valence-corrected chi connectivity index (χ0v) is 12.7. The lowest BCUT2D eigenvalue weighted by atomic mass is 10.0. The highest BCUT2D eigenvalue weighted by Gasteiger charge is 2.13. The van der Waals surface area contributed by atoms with Crippen molar-refractivity contribution in [2.75, 3.05) is 0 Å². The van der Waals surface area contributed by atoms with Crippen LogP contribution in [0, 0.1) is 0 Å². The minimum atomic E-state index is -0.182. The Labute approximate surface area is 121 Å². The number of benzene rings is 2. The number of hydrogen-bond acceptors (Lipinski definition) is 2. The Balaban J connectivity index is 2.05. The van der Waals surface area contributed by atoms with Gasteiger partial charge in [0.25, 0.3) is 0 Å². The molecule has 2 nitrogen and oxygen atoms in total. The third-order valence-electron chi connectivity index (χ3n) is 3.06. The average molecular weight is 269 g/mol. The molecule has 0 radical (unpaired) electrons. The van der Waals surface area contributed by atoms with E-state index in [0.29, 0.717) is 0 Å². The SMILES string of the molecule is CC(NOC(C)(C)C)c1ccc(-c2ccccc2)cc1. The van der Waals surface area contributed by atoms with Crippen molar-refractivity contribution in [1.82, 2.24) is 5.48 Å². The second-order valence-electron chi connectivity index (χ2n) is 6.04. The van der Waals surface area contributed by atoms with Crippen LogP contribution in [0.4, 0.5) is 0 Å². The number of nitrogens with one attached hydrogen (secondary N) is 1. The lowest BCUT2D eigenvalue weighted by Gasteiger charge is -2.23. The van der Waals surface area contributed by atoms with Crippen LogP contribution in [0.3, 0.4) is 0 Å². The molecule has 1 N–H and O–H groups in total. The van der Waals surface area contributed by atoms with Gasteiger partial charge in [0.05, 0.1) is 11.6 Å². The molecule has 0 aliphatic rings. The average Bonchev–Trinajstić information content (AvgIpc) is 2.45. The lowest BCUT2D eigenvalue weighted by molar-refractivity contribution is -0.0866. The molecule has 20 heavy (non-hydrogen) atoms. The molecule has 2 rings (SSSR count). The van der Waals surface area contributed by atoms with Gasteiger partial charge in [0.15, 0.2) is 0 Å². The third-order valence-corrected chi connectivity index (χ3v) is 3.06. The lowest BCUT2D eigenvalue weighted by Crippen LogP contribution is -2.30. The van der Waals surface area contributed by atoms with Crippen LogP contribution < -0.4 is 5.48 Å². The van der Waals surface area contributed by atoms with E-state index in [1.54, 1.807) is 0 Å². The van der Waals surface area contributed by atoms with Crippen LogP contribution in [0.15, 0.2) is 54.6 Å². The first-order valence-electron chi connectivity index (χ1n) is 7.04. The Morgan fingerprint density at radius 1 is 0.850 bits per heavy atom. The molecule has 0 saturated carbocycles. The van der Waals surface area contributed by atoms with E-state index in [4.69, 9.17) is 4.84 Å². The second-order valence-corrected chi connectivity index (χ2v) is 6.04. The molecule has 0 bridgehead atoms. The van der Waals surface area contributed by atoms with Crippen LogP contribution in [-0.2, 0) is 4.84 Å². The van der Waals surface area contributed by atoms with Gasteiger partial charge in [0.2, 0.25) is 0 Å². The quantitative estimate of drug-likeness (QED) is 0.810. The topological polar surface area (TPSA) is 21.3 Å². The van der Waals surface area contributed by atoms with Crippen LogP contribution in [0.2, 0.25) is 0 Å². The highest BCUT2D eigenvalue weighted by Crippen LogP contribution is 2.22. The maximum Gasteiger partial charge on any atom is 0.0813 e. The summed E-state index contributed by atoms with van der Waals surface area (Å²) >= 11 is 0. The van der Waals surface area contributed by atoms with Crippen LogP contribution >= 0.6 is 0 Å². The van der Waals surface area contributed by atoms with E-state index in [9.17, 15) is 0 Å². The van der Waals surface area contributed by atoms with E-state index in [2.05, 4.69) is 60.9 Å². The minimum absolute atomic E-state index is 0.166. The molecule has 0 spiro atoms. The first-order valence-corrected chi connectivity index (χ1v) is 7.04. The number of rotatable bonds is 4. The van der Waals surface area contributed by atoms with Crippen molar-refractivity contribution in [2.24, 2.45) is 0 Å². The standard InChI is InChI=1S/C18H23NO/c1-14(19-20-18(2,3)4)15-10-12-17(13-11-15)16-8-6-5-7-9-16/h5-14,19H,1-4H3. The molecule has 0 aromatic heterocycles. The van der Waals surface area contributed by atoms with Crippen molar-refractivity contribution in [3.8, 4) is 11.1 Å². The molecule has 2 aromatic rings. The molecule has 0 fully saturated rings. The summed E-state index contributed by atoms with van der Waals surface area (Å²) in [5.41, 5.74) is 6.61. The van der Waals surface area contributed by atoms with Crippen molar-refractivity contribution in [3.05, 3.63) is 60.2 Å². The highest BCUT2D eigenvalue weighted by molar-refractivity contribution is 5.63. The van der Waals surface area contributed by atoms with Crippen molar-refractivity contribution in [2.45, 2.75) is 39.3 Å². The summed E-state index contributed by atoms with van der Waals surface area (Å²) in [6.07, 6.45) is 0. The first kappa shape index (κ1) is 14.8.